The van der Waals surface area contributed by atoms with Crippen LogP contribution >= 0.6 is 0 Å². The lowest BCUT2D eigenvalue weighted by Gasteiger charge is -2.06. The Bertz CT molecular complexity index is 942. The monoisotopic (exact) mass is 350 g/mol. The Balaban J connectivity index is 1.67. The maximum absolute atomic E-state index is 12.2. The van der Waals surface area contributed by atoms with Crippen molar-refractivity contribution in [2.24, 2.45) is 5.73 Å². The summed E-state index contributed by atoms with van der Waals surface area (Å²) in [7, 11) is 0. The molecule has 0 aliphatic heterocycles. The van der Waals surface area contributed by atoms with Crippen molar-refractivity contribution in [2.45, 2.75) is 20.4 Å². The number of carbonyl (C=O) groups excluding carboxylic acids is 2. The molecule has 3 N–H and O–H groups in total. The van der Waals surface area contributed by atoms with Gasteiger partial charge in [-0.3, -0.25) is 9.59 Å². The molecule has 0 unspecified atom stereocenters. The lowest BCUT2D eigenvalue weighted by molar-refractivity contribution is -0.117. The molecule has 0 aliphatic carbocycles. The number of hydrogen-bond acceptors (Lipinski definition) is 5. The van der Waals surface area contributed by atoms with E-state index in [2.05, 4.69) is 20.7 Å². The first-order valence-electron chi connectivity index (χ1n) is 7.97. The van der Waals surface area contributed by atoms with E-state index < -0.39 is 5.91 Å². The zero-order valence-electron chi connectivity index (χ0n) is 14.4. The molecule has 0 spiro atoms. The van der Waals surface area contributed by atoms with E-state index >= 15 is 0 Å². The summed E-state index contributed by atoms with van der Waals surface area (Å²) in [4.78, 5) is 24.5. The largest absolute Gasteiger partial charge is 0.366 e. The third kappa shape index (κ3) is 4.10. The first-order chi connectivity index (χ1) is 12.4. The van der Waals surface area contributed by atoms with E-state index in [4.69, 9.17) is 5.73 Å². The molecule has 2 amide bonds. The van der Waals surface area contributed by atoms with Gasteiger partial charge < -0.3 is 11.1 Å². The third-order valence-corrected chi connectivity index (χ3v) is 3.67. The van der Waals surface area contributed by atoms with Crippen LogP contribution in [0.5, 0.6) is 0 Å². The molecule has 0 aliphatic rings. The number of hydrogen-bond donors (Lipinski definition) is 2. The van der Waals surface area contributed by atoms with Gasteiger partial charge in [-0.25, -0.2) is 0 Å². The zero-order chi connectivity index (χ0) is 18.7. The Hall–Kier alpha value is -3.55. The number of primary amides is 1. The highest BCUT2D eigenvalue weighted by Gasteiger charge is 2.10. The van der Waals surface area contributed by atoms with Crippen LogP contribution in [0.25, 0.3) is 11.4 Å². The van der Waals surface area contributed by atoms with Crippen molar-refractivity contribution in [2.75, 3.05) is 5.32 Å². The Morgan fingerprint density at radius 1 is 1.08 bits per heavy atom. The second-order valence-electron chi connectivity index (χ2n) is 6.01. The highest BCUT2D eigenvalue weighted by molar-refractivity contribution is 5.93. The Labute approximate surface area is 150 Å². The van der Waals surface area contributed by atoms with Crippen molar-refractivity contribution in [1.82, 2.24) is 20.2 Å². The first-order valence-corrected chi connectivity index (χ1v) is 7.97. The molecule has 132 valence electrons. The van der Waals surface area contributed by atoms with Crippen molar-refractivity contribution in [3.63, 3.8) is 0 Å². The van der Waals surface area contributed by atoms with Crippen molar-refractivity contribution in [3.05, 3.63) is 59.2 Å². The van der Waals surface area contributed by atoms with Crippen molar-refractivity contribution in [1.29, 1.82) is 0 Å². The number of benzene rings is 2. The van der Waals surface area contributed by atoms with E-state index in [-0.39, 0.29) is 12.5 Å². The molecule has 3 rings (SSSR count). The molecule has 1 heterocycles. The van der Waals surface area contributed by atoms with Gasteiger partial charge in [0.15, 0.2) is 0 Å². The maximum Gasteiger partial charge on any atom is 0.248 e. The van der Waals surface area contributed by atoms with Crippen LogP contribution in [-0.4, -0.2) is 32.0 Å². The normalized spacial score (nSPS) is 10.5. The van der Waals surface area contributed by atoms with Crippen molar-refractivity contribution >= 4 is 17.5 Å². The van der Waals surface area contributed by atoms with Gasteiger partial charge in [-0.15, -0.1) is 10.2 Å². The van der Waals surface area contributed by atoms with E-state index in [1.807, 2.05) is 32.0 Å². The molecule has 0 atom stereocenters. The summed E-state index contributed by atoms with van der Waals surface area (Å²) in [6.45, 7) is 3.88. The van der Waals surface area contributed by atoms with Crippen LogP contribution in [0.2, 0.25) is 0 Å². The number of tetrazole rings is 1. The number of anilines is 1. The second-order valence-corrected chi connectivity index (χ2v) is 6.01. The SMILES string of the molecule is Cc1cc(C)cc(NC(=O)Cn2nnc(-c3ccc(C(N)=O)cc3)n2)c1. The van der Waals surface area contributed by atoms with Crippen LogP contribution in [0.15, 0.2) is 42.5 Å². The van der Waals surface area contributed by atoms with E-state index in [1.165, 1.54) is 4.80 Å². The second kappa shape index (κ2) is 7.14. The fourth-order valence-electron chi connectivity index (χ4n) is 2.59. The molecule has 2 aromatic carbocycles. The van der Waals surface area contributed by atoms with E-state index in [0.717, 1.165) is 16.8 Å². The molecule has 8 nitrogen and oxygen atoms in total. The van der Waals surface area contributed by atoms with Gasteiger partial charge in [-0.05, 0) is 54.5 Å². The fraction of sp³-hybridized carbons (Fsp3) is 0.167. The molecular weight excluding hydrogens is 332 g/mol. The maximum atomic E-state index is 12.2. The van der Waals surface area contributed by atoms with E-state index in [0.29, 0.717) is 17.0 Å². The predicted octanol–water partition coefficient (Wildman–Crippen LogP) is 1.69. The molecule has 26 heavy (non-hydrogen) atoms. The number of nitrogens with two attached hydrogens (primary N) is 1. The zero-order valence-corrected chi connectivity index (χ0v) is 14.4. The molecule has 0 saturated carbocycles. The predicted molar refractivity (Wildman–Crippen MR) is 96.3 cm³/mol. The number of aryl methyl sites for hydroxylation is 2. The first kappa shape index (κ1) is 17.3. The number of aromatic nitrogens is 4. The summed E-state index contributed by atoms with van der Waals surface area (Å²) in [6, 6.07) is 12.4. The molecule has 1 aromatic heterocycles. The average molecular weight is 350 g/mol. The summed E-state index contributed by atoms with van der Waals surface area (Å²) < 4.78 is 0. The summed E-state index contributed by atoms with van der Waals surface area (Å²) in [6.07, 6.45) is 0. The number of nitrogens with one attached hydrogen (secondary N) is 1. The molecular formula is C18H18N6O2. The van der Waals surface area contributed by atoms with Crippen LogP contribution in [-0.2, 0) is 11.3 Å². The van der Waals surface area contributed by atoms with Gasteiger partial charge in [0.2, 0.25) is 17.6 Å². The average Bonchev–Trinajstić information content (AvgIpc) is 3.02. The van der Waals surface area contributed by atoms with Crippen LogP contribution in [0.1, 0.15) is 21.5 Å². The minimum atomic E-state index is -0.503. The molecule has 0 saturated heterocycles. The number of amides is 2. The minimum absolute atomic E-state index is 0.0562. The van der Waals surface area contributed by atoms with Gasteiger partial charge in [0.1, 0.15) is 6.54 Å². The number of nitrogens with zero attached hydrogens (tertiary/aromatic N) is 4. The van der Waals surface area contributed by atoms with Crippen LogP contribution < -0.4 is 11.1 Å². The minimum Gasteiger partial charge on any atom is -0.366 e. The van der Waals surface area contributed by atoms with Crippen molar-refractivity contribution in [3.8, 4) is 11.4 Å². The van der Waals surface area contributed by atoms with Crippen LogP contribution in [0.3, 0.4) is 0 Å². The molecule has 8 heteroatoms. The lowest BCUT2D eigenvalue weighted by Crippen LogP contribution is -2.20. The third-order valence-electron chi connectivity index (χ3n) is 3.67. The van der Waals surface area contributed by atoms with Gasteiger partial charge in [0, 0.05) is 16.8 Å². The highest BCUT2D eigenvalue weighted by Crippen LogP contribution is 2.15. The smallest absolute Gasteiger partial charge is 0.248 e. The van der Waals surface area contributed by atoms with Gasteiger partial charge >= 0.3 is 0 Å². The van der Waals surface area contributed by atoms with E-state index in [1.54, 1.807) is 24.3 Å². The Morgan fingerprint density at radius 3 is 2.35 bits per heavy atom. The molecule has 0 bridgehead atoms. The summed E-state index contributed by atoms with van der Waals surface area (Å²) in [5.74, 6) is -0.389. The number of carbonyl (C=O) groups is 2. The van der Waals surface area contributed by atoms with Crippen molar-refractivity contribution < 1.29 is 9.59 Å². The summed E-state index contributed by atoms with van der Waals surface area (Å²) in [5, 5.41) is 14.8. The molecule has 0 fully saturated rings. The van der Waals surface area contributed by atoms with Crippen LogP contribution in [0.4, 0.5) is 5.69 Å². The summed E-state index contributed by atoms with van der Waals surface area (Å²) >= 11 is 0. The van der Waals surface area contributed by atoms with Crippen LogP contribution in [0, 0.1) is 13.8 Å². The molecule has 3 aromatic rings. The fourth-order valence-corrected chi connectivity index (χ4v) is 2.59. The Morgan fingerprint density at radius 2 is 1.73 bits per heavy atom. The van der Waals surface area contributed by atoms with Gasteiger partial charge in [0.25, 0.3) is 0 Å². The van der Waals surface area contributed by atoms with Gasteiger partial charge in [-0.1, -0.05) is 18.2 Å². The van der Waals surface area contributed by atoms with Gasteiger partial charge in [-0.2, -0.15) is 4.80 Å². The number of rotatable bonds is 5. The highest BCUT2D eigenvalue weighted by atomic mass is 16.2. The standard InChI is InChI=1S/C18H18N6O2/c1-11-7-12(2)9-15(8-11)20-16(25)10-24-22-18(21-23-24)14-5-3-13(4-6-14)17(19)26/h3-9H,10H2,1-2H3,(H2,19,26)(H,20,25). The quantitative estimate of drug-likeness (QED) is 0.726. The molecule has 0 radical (unpaired) electrons. The summed E-state index contributed by atoms with van der Waals surface area (Å²) in [5.41, 5.74) is 9.16. The van der Waals surface area contributed by atoms with E-state index in [9.17, 15) is 9.59 Å². The Kier molecular flexibility index (Phi) is 4.74. The lowest BCUT2D eigenvalue weighted by atomic mass is 10.1. The van der Waals surface area contributed by atoms with Gasteiger partial charge in [0.05, 0.1) is 0 Å². The topological polar surface area (TPSA) is 116 Å².